The number of amides is 1. The summed E-state index contributed by atoms with van der Waals surface area (Å²) in [5, 5.41) is 9.05. The van der Waals surface area contributed by atoms with Gasteiger partial charge in [-0.1, -0.05) is 18.5 Å². The van der Waals surface area contributed by atoms with E-state index in [2.05, 4.69) is 38.3 Å². The monoisotopic (exact) mass is 533 g/mol. The molecule has 38 heavy (non-hydrogen) atoms. The third kappa shape index (κ3) is 5.72. The van der Waals surface area contributed by atoms with Crippen molar-refractivity contribution in [2.75, 3.05) is 18.0 Å². The maximum atomic E-state index is 12.3. The zero-order valence-electron chi connectivity index (χ0n) is 22.1. The molecule has 0 unspecified atom stereocenters. The smallest absolute Gasteiger partial charge is 0.407 e. The van der Waals surface area contributed by atoms with Gasteiger partial charge in [0.1, 0.15) is 11.4 Å². The molecule has 1 N–H and O–H groups in total. The number of fused-ring (bicyclic) bond motifs is 1. The van der Waals surface area contributed by atoms with Crippen LogP contribution in [0.2, 0.25) is 5.02 Å². The molecule has 4 aromatic heterocycles. The van der Waals surface area contributed by atoms with Gasteiger partial charge in [-0.2, -0.15) is 5.10 Å². The standard InChI is InChI=1S/C28H32ClN7O2/c1-5-18-11-19(14-30-13-18)23-12-24-20(15-31-23)16-32-36(24)25-9-8-22(29)26(34-25)35-10-6-7-21(17-35)33-27(37)38-28(2,3)4/h8-9,11-16,21H,5-7,10,17H2,1-4H3,(H,33,37)/t21-/m0/s1. The number of aromatic nitrogens is 5. The number of halogens is 1. The molecular weight excluding hydrogens is 502 g/mol. The summed E-state index contributed by atoms with van der Waals surface area (Å²) in [6.07, 6.45) is 9.55. The lowest BCUT2D eigenvalue weighted by Gasteiger charge is -2.34. The molecule has 4 aromatic rings. The first-order valence-electron chi connectivity index (χ1n) is 12.9. The van der Waals surface area contributed by atoms with Gasteiger partial charge in [-0.3, -0.25) is 9.97 Å². The Morgan fingerprint density at radius 3 is 2.82 bits per heavy atom. The second-order valence-corrected chi connectivity index (χ2v) is 10.9. The predicted molar refractivity (Wildman–Crippen MR) is 149 cm³/mol. The Balaban J connectivity index is 1.42. The number of pyridine rings is 3. The number of carbonyl (C=O) groups is 1. The highest BCUT2D eigenvalue weighted by Gasteiger charge is 2.26. The van der Waals surface area contributed by atoms with Gasteiger partial charge in [0.2, 0.25) is 0 Å². The van der Waals surface area contributed by atoms with Gasteiger partial charge in [-0.15, -0.1) is 0 Å². The summed E-state index contributed by atoms with van der Waals surface area (Å²) in [6.45, 7) is 9.04. The molecule has 0 aromatic carbocycles. The van der Waals surface area contributed by atoms with Gasteiger partial charge in [0.15, 0.2) is 5.82 Å². The molecule has 1 aliphatic rings. The van der Waals surface area contributed by atoms with Crippen molar-refractivity contribution in [2.24, 2.45) is 0 Å². The summed E-state index contributed by atoms with van der Waals surface area (Å²) in [5.41, 5.74) is 3.28. The van der Waals surface area contributed by atoms with E-state index in [1.54, 1.807) is 10.9 Å². The molecule has 10 heteroatoms. The van der Waals surface area contributed by atoms with Crippen LogP contribution in [0.5, 0.6) is 0 Å². The van der Waals surface area contributed by atoms with Crippen molar-refractivity contribution < 1.29 is 9.53 Å². The fourth-order valence-electron chi connectivity index (χ4n) is 4.60. The van der Waals surface area contributed by atoms with Crippen molar-refractivity contribution in [1.82, 2.24) is 30.0 Å². The van der Waals surface area contributed by atoms with Gasteiger partial charge in [-0.25, -0.2) is 14.5 Å². The lowest BCUT2D eigenvalue weighted by molar-refractivity contribution is 0.0500. The minimum absolute atomic E-state index is 0.0632. The molecule has 0 spiro atoms. The number of aryl methyl sites for hydroxylation is 1. The van der Waals surface area contributed by atoms with E-state index in [1.165, 1.54) is 0 Å². The number of nitrogens with zero attached hydrogens (tertiary/aromatic N) is 6. The number of ether oxygens (including phenoxy) is 1. The van der Waals surface area contributed by atoms with Crippen molar-refractivity contribution in [3.63, 3.8) is 0 Å². The lowest BCUT2D eigenvalue weighted by atomic mass is 10.1. The van der Waals surface area contributed by atoms with Crippen LogP contribution < -0.4 is 10.2 Å². The number of piperidine rings is 1. The third-order valence-corrected chi connectivity index (χ3v) is 6.72. The SMILES string of the molecule is CCc1cncc(-c2cc3c(cn2)cnn3-c2ccc(Cl)c(N3CCC[C@H](NC(=O)OC(C)(C)C)C3)n2)c1. The summed E-state index contributed by atoms with van der Waals surface area (Å²) in [6, 6.07) is 7.76. The van der Waals surface area contributed by atoms with E-state index in [0.29, 0.717) is 23.2 Å². The third-order valence-electron chi connectivity index (χ3n) is 6.42. The van der Waals surface area contributed by atoms with Gasteiger partial charge in [0.25, 0.3) is 0 Å². The van der Waals surface area contributed by atoms with E-state index < -0.39 is 11.7 Å². The first-order valence-corrected chi connectivity index (χ1v) is 13.3. The van der Waals surface area contributed by atoms with Crippen molar-refractivity contribution in [2.45, 2.75) is 58.6 Å². The second kappa shape index (κ2) is 10.6. The molecule has 1 fully saturated rings. The normalized spacial score (nSPS) is 16.0. The molecule has 0 radical (unpaired) electrons. The molecule has 5 heterocycles. The maximum absolute atomic E-state index is 12.3. The predicted octanol–water partition coefficient (Wildman–Crippen LogP) is 5.59. The topological polar surface area (TPSA) is 98.1 Å². The minimum atomic E-state index is -0.547. The summed E-state index contributed by atoms with van der Waals surface area (Å²) in [7, 11) is 0. The maximum Gasteiger partial charge on any atom is 0.407 e. The van der Waals surface area contributed by atoms with Crippen LogP contribution in [0.1, 0.15) is 46.1 Å². The first-order chi connectivity index (χ1) is 18.2. The average molecular weight is 534 g/mol. The highest BCUT2D eigenvalue weighted by Crippen LogP contribution is 2.29. The molecular formula is C28H32ClN7O2. The molecule has 1 atom stereocenters. The highest BCUT2D eigenvalue weighted by atomic mass is 35.5. The highest BCUT2D eigenvalue weighted by molar-refractivity contribution is 6.33. The van der Waals surface area contributed by atoms with Crippen LogP contribution in [-0.4, -0.2) is 55.6 Å². The van der Waals surface area contributed by atoms with Crippen LogP contribution in [0.4, 0.5) is 10.6 Å². The number of hydrogen-bond donors (Lipinski definition) is 1. The van der Waals surface area contributed by atoms with Gasteiger partial charge < -0.3 is 15.0 Å². The van der Waals surface area contributed by atoms with Gasteiger partial charge in [0.05, 0.1) is 22.4 Å². The molecule has 5 rings (SSSR count). The number of hydrogen-bond acceptors (Lipinski definition) is 7. The Kier molecular flexibility index (Phi) is 7.21. The van der Waals surface area contributed by atoms with Crippen LogP contribution in [0.15, 0.2) is 49.1 Å². The summed E-state index contributed by atoms with van der Waals surface area (Å²) >= 11 is 6.62. The van der Waals surface area contributed by atoms with Crippen molar-refractivity contribution in [3.8, 4) is 17.1 Å². The Morgan fingerprint density at radius 2 is 2.03 bits per heavy atom. The van der Waals surface area contributed by atoms with E-state index in [0.717, 1.165) is 53.5 Å². The van der Waals surface area contributed by atoms with Crippen LogP contribution in [0.3, 0.4) is 0 Å². The van der Waals surface area contributed by atoms with Crippen LogP contribution in [0, 0.1) is 0 Å². The average Bonchev–Trinajstić information content (AvgIpc) is 3.31. The number of alkyl carbamates (subject to hydrolysis) is 1. The fraction of sp³-hybridized carbons (Fsp3) is 0.393. The van der Waals surface area contributed by atoms with E-state index in [1.807, 2.05) is 57.6 Å². The van der Waals surface area contributed by atoms with Crippen LogP contribution in [-0.2, 0) is 11.2 Å². The Bertz CT molecular complexity index is 1460. The van der Waals surface area contributed by atoms with E-state index in [-0.39, 0.29) is 6.04 Å². The Morgan fingerprint density at radius 1 is 1.18 bits per heavy atom. The minimum Gasteiger partial charge on any atom is -0.444 e. The molecule has 0 bridgehead atoms. The Labute approximate surface area is 227 Å². The van der Waals surface area contributed by atoms with E-state index in [9.17, 15) is 4.79 Å². The zero-order chi connectivity index (χ0) is 26.9. The first kappa shape index (κ1) is 25.9. The van der Waals surface area contributed by atoms with Crippen molar-refractivity contribution >= 4 is 34.4 Å². The summed E-state index contributed by atoms with van der Waals surface area (Å²) in [4.78, 5) is 28.3. The van der Waals surface area contributed by atoms with Gasteiger partial charge >= 0.3 is 6.09 Å². The number of anilines is 1. The van der Waals surface area contributed by atoms with E-state index >= 15 is 0 Å². The van der Waals surface area contributed by atoms with Crippen LogP contribution >= 0.6 is 11.6 Å². The van der Waals surface area contributed by atoms with E-state index in [4.69, 9.17) is 21.3 Å². The molecule has 1 amide bonds. The van der Waals surface area contributed by atoms with Gasteiger partial charge in [0, 0.05) is 48.7 Å². The quantitative estimate of drug-likeness (QED) is 0.357. The lowest BCUT2D eigenvalue weighted by Crippen LogP contribution is -2.49. The number of carbonyl (C=O) groups excluding carboxylic acids is 1. The second-order valence-electron chi connectivity index (χ2n) is 10.5. The largest absolute Gasteiger partial charge is 0.444 e. The van der Waals surface area contributed by atoms with Crippen molar-refractivity contribution in [1.29, 1.82) is 0 Å². The number of rotatable bonds is 5. The zero-order valence-corrected chi connectivity index (χ0v) is 22.9. The molecule has 1 saturated heterocycles. The molecule has 0 saturated carbocycles. The number of nitrogens with one attached hydrogen (secondary N) is 1. The van der Waals surface area contributed by atoms with Gasteiger partial charge in [-0.05, 0) is 69.9 Å². The van der Waals surface area contributed by atoms with Crippen LogP contribution in [0.25, 0.3) is 28.0 Å². The summed E-state index contributed by atoms with van der Waals surface area (Å²) in [5.74, 6) is 1.32. The fourth-order valence-corrected chi connectivity index (χ4v) is 4.83. The molecule has 9 nitrogen and oxygen atoms in total. The molecule has 1 aliphatic heterocycles. The summed E-state index contributed by atoms with van der Waals surface area (Å²) < 4.78 is 7.24. The Hall–Kier alpha value is -3.72. The molecule has 0 aliphatic carbocycles. The molecule has 198 valence electrons. The van der Waals surface area contributed by atoms with Crippen molar-refractivity contribution in [3.05, 3.63) is 59.6 Å².